The lowest BCUT2D eigenvalue weighted by Crippen LogP contribution is -2.18. The fourth-order valence-corrected chi connectivity index (χ4v) is 2.63. The van der Waals surface area contributed by atoms with Gasteiger partial charge in [-0.15, -0.1) is 0 Å². The van der Waals surface area contributed by atoms with E-state index in [-0.39, 0.29) is 10.9 Å². The van der Waals surface area contributed by atoms with Gasteiger partial charge in [-0.1, -0.05) is 41.5 Å². The molecule has 0 atom stereocenters. The van der Waals surface area contributed by atoms with Gasteiger partial charge in [-0.25, -0.2) is 0 Å². The zero-order chi connectivity index (χ0) is 15.6. The molecule has 0 aromatic heterocycles. The molecule has 21 heavy (non-hydrogen) atoms. The molecule has 1 amide bonds. The molecule has 2 rings (SSSR count). The summed E-state index contributed by atoms with van der Waals surface area (Å²) >= 11 is 20.3. The first kappa shape index (κ1) is 16.2. The number of anilines is 1. The molecular weight excluding hydrogens is 395 g/mol. The first-order chi connectivity index (χ1) is 9.90. The Kier molecular flexibility index (Phi) is 5.22. The van der Waals surface area contributed by atoms with E-state index in [0.29, 0.717) is 31.3 Å². The van der Waals surface area contributed by atoms with Crippen LogP contribution in [0.1, 0.15) is 15.9 Å². The van der Waals surface area contributed by atoms with Crippen molar-refractivity contribution in [2.75, 3.05) is 5.32 Å². The molecule has 0 spiro atoms. The Hall–Kier alpha value is -1.14. The first-order valence-electron chi connectivity index (χ1n) is 5.75. The summed E-state index contributed by atoms with van der Waals surface area (Å²) in [7, 11) is 0. The highest BCUT2D eigenvalue weighted by Crippen LogP contribution is 2.28. The van der Waals surface area contributed by atoms with Crippen molar-refractivity contribution in [1.29, 1.82) is 0 Å². The number of rotatable bonds is 3. The van der Waals surface area contributed by atoms with Gasteiger partial charge in [0.15, 0.2) is 0 Å². The van der Waals surface area contributed by atoms with E-state index in [9.17, 15) is 4.79 Å². The average Bonchev–Trinajstić information content (AvgIpc) is 2.41. The molecule has 2 aromatic carbocycles. The number of thiocarbonyl (C=S) groups is 1. The zero-order valence-corrected chi connectivity index (χ0v) is 14.4. The number of hydrogen-bond acceptors (Lipinski definition) is 2. The lowest BCUT2D eigenvalue weighted by Gasteiger charge is -2.12. The third-order valence-electron chi connectivity index (χ3n) is 2.69. The number of amides is 1. The average molecular weight is 404 g/mol. The highest BCUT2D eigenvalue weighted by molar-refractivity contribution is 9.10. The molecule has 0 fully saturated rings. The first-order valence-corrected chi connectivity index (χ1v) is 7.70. The Morgan fingerprint density at radius 1 is 1.19 bits per heavy atom. The van der Waals surface area contributed by atoms with E-state index in [1.54, 1.807) is 36.4 Å². The van der Waals surface area contributed by atoms with E-state index >= 15 is 0 Å². The van der Waals surface area contributed by atoms with Gasteiger partial charge in [0.25, 0.3) is 5.91 Å². The molecule has 0 aliphatic rings. The van der Waals surface area contributed by atoms with Gasteiger partial charge >= 0.3 is 0 Å². The third kappa shape index (κ3) is 3.74. The molecule has 0 unspecified atom stereocenters. The zero-order valence-electron chi connectivity index (χ0n) is 10.5. The van der Waals surface area contributed by atoms with Crippen LogP contribution in [0, 0.1) is 0 Å². The standard InChI is InChI=1S/C14H9BrCl2N2OS/c15-10-3-1-2-9(12(10)17)14(20)19-11-6-7(16)4-5-8(11)13(18)21/h1-6H,(H2,18,21)(H,19,20). The second kappa shape index (κ2) is 6.75. The summed E-state index contributed by atoms with van der Waals surface area (Å²) in [5.41, 5.74) is 6.95. The minimum Gasteiger partial charge on any atom is -0.389 e. The van der Waals surface area contributed by atoms with Gasteiger partial charge < -0.3 is 11.1 Å². The van der Waals surface area contributed by atoms with E-state index in [1.165, 1.54) is 0 Å². The number of nitrogens with two attached hydrogens (primary N) is 1. The van der Waals surface area contributed by atoms with Gasteiger partial charge in [-0.05, 0) is 46.3 Å². The molecule has 0 saturated carbocycles. The smallest absolute Gasteiger partial charge is 0.257 e. The van der Waals surface area contributed by atoms with Crippen LogP contribution in [0.5, 0.6) is 0 Å². The minimum absolute atomic E-state index is 0.169. The van der Waals surface area contributed by atoms with E-state index < -0.39 is 0 Å². The Bertz CT molecular complexity index is 737. The van der Waals surface area contributed by atoms with Crippen molar-refractivity contribution in [2.45, 2.75) is 0 Å². The Labute approximate surface area is 145 Å². The molecule has 3 nitrogen and oxygen atoms in total. The van der Waals surface area contributed by atoms with Crippen LogP contribution in [0.25, 0.3) is 0 Å². The summed E-state index contributed by atoms with van der Waals surface area (Å²) in [6, 6.07) is 9.98. The van der Waals surface area contributed by atoms with Crippen molar-refractivity contribution < 1.29 is 4.79 Å². The molecule has 2 aromatic rings. The molecule has 7 heteroatoms. The maximum atomic E-state index is 12.3. The summed E-state index contributed by atoms with van der Waals surface area (Å²) in [5, 5.41) is 3.51. The topological polar surface area (TPSA) is 55.1 Å². The molecule has 0 aliphatic carbocycles. The van der Waals surface area contributed by atoms with Crippen molar-refractivity contribution in [1.82, 2.24) is 0 Å². The Morgan fingerprint density at radius 3 is 2.57 bits per heavy atom. The van der Waals surface area contributed by atoms with Crippen LogP contribution in [0.2, 0.25) is 10.0 Å². The van der Waals surface area contributed by atoms with Crippen LogP contribution in [0.4, 0.5) is 5.69 Å². The van der Waals surface area contributed by atoms with Gasteiger partial charge in [0.05, 0.1) is 16.3 Å². The second-order valence-corrected chi connectivity index (χ2v) is 6.22. The van der Waals surface area contributed by atoms with Crippen molar-refractivity contribution >= 4 is 67.9 Å². The summed E-state index contributed by atoms with van der Waals surface area (Å²) in [4.78, 5) is 12.5. The molecule has 0 bridgehead atoms. The summed E-state index contributed by atoms with van der Waals surface area (Å²) < 4.78 is 0.637. The van der Waals surface area contributed by atoms with Gasteiger partial charge in [0, 0.05) is 15.1 Å². The number of benzene rings is 2. The quantitative estimate of drug-likeness (QED) is 0.733. The minimum atomic E-state index is -0.374. The lowest BCUT2D eigenvalue weighted by atomic mass is 10.1. The van der Waals surface area contributed by atoms with Gasteiger partial charge in [-0.2, -0.15) is 0 Å². The van der Waals surface area contributed by atoms with Crippen molar-refractivity contribution in [3.8, 4) is 0 Å². The Balaban J connectivity index is 2.38. The van der Waals surface area contributed by atoms with E-state index in [4.69, 9.17) is 41.2 Å². The maximum Gasteiger partial charge on any atom is 0.257 e. The number of halogens is 3. The van der Waals surface area contributed by atoms with E-state index in [1.807, 2.05) is 0 Å². The molecule has 0 aliphatic heterocycles. The normalized spacial score (nSPS) is 10.2. The number of carbonyl (C=O) groups excluding carboxylic acids is 1. The summed E-state index contributed by atoms with van der Waals surface area (Å²) in [6.07, 6.45) is 0. The van der Waals surface area contributed by atoms with Crippen LogP contribution in [0.15, 0.2) is 40.9 Å². The van der Waals surface area contributed by atoms with Gasteiger partial charge in [0.1, 0.15) is 4.99 Å². The fourth-order valence-electron chi connectivity index (χ4n) is 1.70. The van der Waals surface area contributed by atoms with Crippen LogP contribution >= 0.6 is 51.3 Å². The summed E-state index contributed by atoms with van der Waals surface area (Å²) in [6.45, 7) is 0. The Morgan fingerprint density at radius 2 is 1.90 bits per heavy atom. The SMILES string of the molecule is NC(=S)c1ccc(Cl)cc1NC(=O)c1cccc(Br)c1Cl. The fraction of sp³-hybridized carbons (Fsp3) is 0. The highest BCUT2D eigenvalue weighted by Gasteiger charge is 2.15. The molecule has 0 radical (unpaired) electrons. The van der Waals surface area contributed by atoms with Crippen molar-refractivity contribution in [2.24, 2.45) is 5.73 Å². The predicted octanol–water partition coefficient (Wildman–Crippen LogP) is 4.64. The van der Waals surface area contributed by atoms with Crippen LogP contribution < -0.4 is 11.1 Å². The van der Waals surface area contributed by atoms with Crippen molar-refractivity contribution in [3.63, 3.8) is 0 Å². The monoisotopic (exact) mass is 402 g/mol. The predicted molar refractivity (Wildman–Crippen MR) is 94.4 cm³/mol. The van der Waals surface area contributed by atoms with Gasteiger partial charge in [-0.3, -0.25) is 4.79 Å². The van der Waals surface area contributed by atoms with E-state index in [2.05, 4.69) is 21.2 Å². The van der Waals surface area contributed by atoms with Crippen LogP contribution in [-0.2, 0) is 0 Å². The van der Waals surface area contributed by atoms with Crippen LogP contribution in [-0.4, -0.2) is 10.9 Å². The lowest BCUT2D eigenvalue weighted by molar-refractivity contribution is 0.102. The molecule has 108 valence electrons. The van der Waals surface area contributed by atoms with Gasteiger partial charge in [0.2, 0.25) is 0 Å². The molecular formula is C14H9BrCl2N2OS. The largest absolute Gasteiger partial charge is 0.389 e. The highest BCUT2D eigenvalue weighted by atomic mass is 79.9. The van der Waals surface area contributed by atoms with Crippen molar-refractivity contribution in [3.05, 3.63) is 62.0 Å². The van der Waals surface area contributed by atoms with Crippen LogP contribution in [0.3, 0.4) is 0 Å². The maximum absolute atomic E-state index is 12.3. The molecule has 0 heterocycles. The number of hydrogen-bond donors (Lipinski definition) is 2. The number of carbonyl (C=O) groups is 1. The third-order valence-corrected chi connectivity index (χ3v) is 4.44. The second-order valence-electron chi connectivity index (χ2n) is 4.11. The molecule has 0 saturated heterocycles. The molecule has 3 N–H and O–H groups in total. The number of nitrogens with one attached hydrogen (secondary N) is 1. The van der Waals surface area contributed by atoms with E-state index in [0.717, 1.165) is 0 Å². The summed E-state index contributed by atoms with van der Waals surface area (Å²) in [5.74, 6) is -0.374.